The SMILES string of the molecule is CCCCCCc1cc(CCCC)cc(C2=C(CC)C(CCCC)=C(c3cc(CCCC)cc(CCCCCC)c3)[N+]2=[N-])c1.c1cc[c]([Ni][c]2ccccc2)cc1. The van der Waals surface area contributed by atoms with E-state index in [2.05, 4.69) is 126 Å². The predicted octanol–water partition coefficient (Wildman–Crippen LogP) is 15.1. The molecule has 5 rings (SSSR count). The van der Waals surface area contributed by atoms with Crippen LogP contribution in [0.1, 0.15) is 178 Å². The van der Waals surface area contributed by atoms with Crippen molar-refractivity contribution in [1.29, 1.82) is 0 Å². The van der Waals surface area contributed by atoms with Gasteiger partial charge in [0.25, 0.3) is 0 Å². The van der Waals surface area contributed by atoms with E-state index in [1.165, 1.54) is 131 Å². The van der Waals surface area contributed by atoms with E-state index in [-0.39, 0.29) is 0 Å². The molecule has 3 heteroatoms. The summed E-state index contributed by atoms with van der Waals surface area (Å²) in [5, 5.41) is 0. The Morgan fingerprint density at radius 2 is 0.772 bits per heavy atom. The summed E-state index contributed by atoms with van der Waals surface area (Å²) in [6.45, 7) is 13.7. The zero-order valence-electron chi connectivity index (χ0n) is 36.6. The number of rotatable bonds is 24. The van der Waals surface area contributed by atoms with E-state index in [1.54, 1.807) is 19.1 Å². The van der Waals surface area contributed by atoms with Crippen molar-refractivity contribution in [3.8, 4) is 0 Å². The summed E-state index contributed by atoms with van der Waals surface area (Å²) in [4.78, 5) is 0. The topological polar surface area (TPSA) is 25.3 Å². The third-order valence-corrected chi connectivity index (χ3v) is 12.3. The predicted molar refractivity (Wildman–Crippen MR) is 245 cm³/mol. The van der Waals surface area contributed by atoms with Gasteiger partial charge in [0.05, 0.1) is 0 Å². The average Bonchev–Trinajstić information content (AvgIpc) is 3.53. The minimum atomic E-state index is 0.930. The van der Waals surface area contributed by atoms with E-state index in [0.717, 1.165) is 62.8 Å². The van der Waals surface area contributed by atoms with Gasteiger partial charge in [-0.3, -0.25) is 0 Å². The van der Waals surface area contributed by atoms with Gasteiger partial charge in [-0.1, -0.05) is 111 Å². The first-order valence-electron chi connectivity index (χ1n) is 22.9. The van der Waals surface area contributed by atoms with E-state index >= 15 is 0 Å². The minimum absolute atomic E-state index is 0.930. The molecule has 4 aromatic carbocycles. The fourth-order valence-corrected chi connectivity index (χ4v) is 8.95. The number of benzene rings is 4. The first-order valence-corrected chi connectivity index (χ1v) is 23.9. The molecule has 57 heavy (non-hydrogen) atoms. The van der Waals surface area contributed by atoms with Crippen LogP contribution in [0.2, 0.25) is 0 Å². The molecule has 2 nitrogen and oxygen atoms in total. The molecule has 0 amide bonds. The third kappa shape index (κ3) is 15.0. The van der Waals surface area contributed by atoms with Gasteiger partial charge in [-0.2, -0.15) is 0 Å². The molecule has 0 saturated carbocycles. The van der Waals surface area contributed by atoms with Gasteiger partial charge in [-0.05, 0) is 117 Å². The summed E-state index contributed by atoms with van der Waals surface area (Å²) in [5.41, 5.74) is 25.1. The Morgan fingerprint density at radius 3 is 1.16 bits per heavy atom. The summed E-state index contributed by atoms with van der Waals surface area (Å²) in [5.74, 6) is 0. The van der Waals surface area contributed by atoms with Crippen LogP contribution in [0.4, 0.5) is 0 Å². The summed E-state index contributed by atoms with van der Waals surface area (Å²) >= 11 is 1.60. The first-order chi connectivity index (χ1) is 28.0. The molecular weight excluding hydrogens is 735 g/mol. The van der Waals surface area contributed by atoms with Gasteiger partial charge in [0.15, 0.2) is 0 Å². The summed E-state index contributed by atoms with van der Waals surface area (Å²) in [6.07, 6.45) is 23.7. The van der Waals surface area contributed by atoms with Crippen LogP contribution in [0.15, 0.2) is 108 Å². The van der Waals surface area contributed by atoms with Crippen molar-refractivity contribution in [1.82, 2.24) is 0 Å². The van der Waals surface area contributed by atoms with Crippen LogP contribution in [0.5, 0.6) is 0 Å². The van der Waals surface area contributed by atoms with Gasteiger partial charge in [0.2, 0.25) is 11.4 Å². The Morgan fingerprint density at radius 1 is 0.404 bits per heavy atom. The number of hydrogen-bond acceptors (Lipinski definition) is 0. The van der Waals surface area contributed by atoms with Crippen LogP contribution in [0.3, 0.4) is 0 Å². The number of unbranched alkanes of at least 4 members (excludes halogenated alkanes) is 9. The second kappa shape index (κ2) is 26.5. The van der Waals surface area contributed by atoms with Crippen LogP contribution in [0, 0.1) is 0 Å². The number of allylic oxidation sites excluding steroid dienone is 2. The second-order valence-corrected chi connectivity index (χ2v) is 17.3. The van der Waals surface area contributed by atoms with Crippen LogP contribution >= 0.6 is 0 Å². The average molecular weight is 810 g/mol. The molecule has 0 N–H and O–H groups in total. The van der Waals surface area contributed by atoms with E-state index < -0.39 is 0 Å². The van der Waals surface area contributed by atoms with Gasteiger partial charge in [-0.15, -0.1) is 0 Å². The molecule has 0 aliphatic carbocycles. The second-order valence-electron chi connectivity index (χ2n) is 15.9. The molecule has 4 aromatic rings. The normalized spacial score (nSPS) is 12.8. The first kappa shape index (κ1) is 46.1. The molecule has 310 valence electrons. The molecule has 0 radical (unpaired) electrons. The van der Waals surface area contributed by atoms with E-state index in [1.807, 2.05) is 12.1 Å². The Bertz CT molecular complexity index is 1800. The zero-order valence-corrected chi connectivity index (χ0v) is 37.6. The van der Waals surface area contributed by atoms with Crippen molar-refractivity contribution in [3.05, 3.63) is 147 Å². The van der Waals surface area contributed by atoms with Crippen LogP contribution < -0.4 is 9.07 Å². The fraction of sp³-hybridized carbons (Fsp3) is 0.481. The number of hydrogen-bond donors (Lipinski definition) is 0. The van der Waals surface area contributed by atoms with E-state index in [4.69, 9.17) is 0 Å². The van der Waals surface area contributed by atoms with E-state index in [9.17, 15) is 5.53 Å². The van der Waals surface area contributed by atoms with Gasteiger partial charge in [-0.25, -0.2) is 4.70 Å². The van der Waals surface area contributed by atoms with Crippen molar-refractivity contribution < 1.29 is 19.1 Å². The molecule has 0 atom stereocenters. The molecule has 1 aliphatic rings. The number of nitrogens with zero attached hydrogens (tertiary/aromatic N) is 2. The molecular formula is C54H74N2Ni. The molecule has 0 unspecified atom stereocenters. The van der Waals surface area contributed by atoms with Gasteiger partial charge in [0, 0.05) is 22.3 Å². The quantitative estimate of drug-likeness (QED) is 0.0383. The number of aryl methyl sites for hydroxylation is 4. The molecule has 0 aromatic heterocycles. The molecule has 0 fully saturated rings. The molecule has 0 bridgehead atoms. The van der Waals surface area contributed by atoms with E-state index in [0.29, 0.717) is 0 Å². The van der Waals surface area contributed by atoms with Crippen LogP contribution in [-0.4, -0.2) is 4.70 Å². The van der Waals surface area contributed by atoms with Crippen molar-refractivity contribution >= 4 is 20.5 Å². The Hall–Kier alpha value is -3.55. The van der Waals surface area contributed by atoms with Gasteiger partial charge >= 0.3 is 84.2 Å². The maximum atomic E-state index is 12.3. The van der Waals surface area contributed by atoms with Crippen molar-refractivity contribution in [2.24, 2.45) is 0 Å². The summed E-state index contributed by atoms with van der Waals surface area (Å²) < 4.78 is 4.23. The van der Waals surface area contributed by atoms with Crippen molar-refractivity contribution in [2.75, 3.05) is 0 Å². The monoisotopic (exact) mass is 809 g/mol. The van der Waals surface area contributed by atoms with Crippen LogP contribution in [0.25, 0.3) is 16.9 Å². The van der Waals surface area contributed by atoms with Crippen molar-refractivity contribution in [3.63, 3.8) is 0 Å². The standard InChI is InChI=1S/C42H64N2.2C6H5.Ni/c1-7-13-18-20-24-35-27-33(22-15-9-3)29-37(31-35)41-39(12-6)40(26-17-11-5)42(44(41)43)38-30-34(23-16-10-4)28-36(32-38)25-21-19-14-8-2;2*1-2-4-6-5-3-1;/h27-32H,7-26H2,1-6H3;2*1-5H;. The summed E-state index contributed by atoms with van der Waals surface area (Å²) in [6, 6.07) is 35.3. The molecule has 0 saturated heterocycles. The Labute approximate surface area is 355 Å². The van der Waals surface area contributed by atoms with Gasteiger partial charge < -0.3 is 5.53 Å². The molecule has 1 aliphatic heterocycles. The Kier molecular flexibility index (Phi) is 21.4. The summed E-state index contributed by atoms with van der Waals surface area (Å²) in [7, 11) is 0. The zero-order chi connectivity index (χ0) is 40.7. The fourth-order valence-electron chi connectivity index (χ4n) is 7.92. The third-order valence-electron chi connectivity index (χ3n) is 11.0. The van der Waals surface area contributed by atoms with Crippen LogP contribution in [-0.2, 0) is 40.1 Å². The van der Waals surface area contributed by atoms with Crippen molar-refractivity contribution in [2.45, 2.75) is 170 Å². The maximum absolute atomic E-state index is 12.3. The molecule has 1 heterocycles. The molecule has 0 spiro atoms. The van der Waals surface area contributed by atoms with Gasteiger partial charge in [0.1, 0.15) is 0 Å². The Balaban J connectivity index is 0.000000463.